The van der Waals surface area contributed by atoms with Gasteiger partial charge in [-0.25, -0.2) is 8.42 Å². The van der Waals surface area contributed by atoms with Gasteiger partial charge in [0.05, 0.1) is 24.3 Å². The van der Waals surface area contributed by atoms with Crippen molar-refractivity contribution in [1.82, 2.24) is 18.4 Å². The summed E-state index contributed by atoms with van der Waals surface area (Å²) in [7, 11) is -3.81. The van der Waals surface area contributed by atoms with Crippen molar-refractivity contribution in [2.24, 2.45) is 5.92 Å². The molecular weight excluding hydrogens is 388 g/mol. The SMILES string of the molecule is O=C1NCCOCCCN(S(=O)(=O)c2cccc3nsnc23)C2CCCC12. The van der Waals surface area contributed by atoms with Crippen molar-refractivity contribution >= 4 is 38.7 Å². The number of rotatable bonds is 2. The van der Waals surface area contributed by atoms with Gasteiger partial charge < -0.3 is 10.1 Å². The fraction of sp³-hybridized carbons (Fsp3) is 0.588. The number of carbonyl (C=O) groups is 1. The normalized spacial score (nSPS) is 25.7. The summed E-state index contributed by atoms with van der Waals surface area (Å²) in [5.74, 6) is -0.414. The van der Waals surface area contributed by atoms with Gasteiger partial charge in [-0.15, -0.1) is 0 Å². The minimum absolute atomic E-state index is 0.0864. The lowest BCUT2D eigenvalue weighted by atomic mass is 10.0. The number of nitrogens with one attached hydrogen (secondary N) is 1. The van der Waals surface area contributed by atoms with E-state index in [2.05, 4.69) is 14.1 Å². The first-order chi connectivity index (χ1) is 13.1. The Labute approximate surface area is 162 Å². The van der Waals surface area contributed by atoms with Crippen molar-refractivity contribution < 1.29 is 17.9 Å². The monoisotopic (exact) mass is 410 g/mol. The molecule has 1 saturated heterocycles. The van der Waals surface area contributed by atoms with Crippen molar-refractivity contribution in [2.75, 3.05) is 26.3 Å². The summed E-state index contributed by atoms with van der Waals surface area (Å²) in [6.45, 7) is 1.69. The zero-order chi connectivity index (χ0) is 18.9. The standard InChI is InChI=1S/C17H22N4O4S2/c22-17-12-4-1-6-14(12)21(9-3-10-25-11-8-18-17)27(23,24)15-7-2-5-13-16(15)20-26-19-13/h2,5,7,12,14H,1,3-4,6,8-11H2,(H,18,22). The molecule has 2 fully saturated rings. The molecule has 0 bridgehead atoms. The Morgan fingerprint density at radius 2 is 2.07 bits per heavy atom. The third-order valence-electron chi connectivity index (χ3n) is 5.23. The van der Waals surface area contributed by atoms with E-state index in [9.17, 15) is 13.2 Å². The fourth-order valence-corrected chi connectivity index (χ4v) is 6.46. The first-order valence-corrected chi connectivity index (χ1v) is 11.3. The van der Waals surface area contributed by atoms with Gasteiger partial charge in [0.25, 0.3) is 0 Å². The Morgan fingerprint density at radius 1 is 1.19 bits per heavy atom. The van der Waals surface area contributed by atoms with Crippen LogP contribution in [0, 0.1) is 5.92 Å². The van der Waals surface area contributed by atoms with E-state index in [-0.39, 0.29) is 22.8 Å². The van der Waals surface area contributed by atoms with E-state index in [0.717, 1.165) is 18.1 Å². The van der Waals surface area contributed by atoms with Crippen LogP contribution in [-0.2, 0) is 19.6 Å². The van der Waals surface area contributed by atoms with Crippen molar-refractivity contribution in [3.05, 3.63) is 18.2 Å². The highest BCUT2D eigenvalue weighted by atomic mass is 32.2. The summed E-state index contributed by atoms with van der Waals surface area (Å²) >= 11 is 0.999. The van der Waals surface area contributed by atoms with E-state index < -0.39 is 10.0 Å². The fourth-order valence-electron chi connectivity index (χ4n) is 3.97. The second-order valence-corrected chi connectivity index (χ2v) is 9.25. The van der Waals surface area contributed by atoms with Crippen molar-refractivity contribution in [2.45, 2.75) is 36.6 Å². The second-order valence-electron chi connectivity index (χ2n) is 6.87. The van der Waals surface area contributed by atoms with Crippen LogP contribution in [0.1, 0.15) is 25.7 Å². The lowest BCUT2D eigenvalue weighted by molar-refractivity contribution is -0.126. The summed E-state index contributed by atoms with van der Waals surface area (Å²) in [6.07, 6.45) is 2.81. The molecule has 1 saturated carbocycles. The Hall–Kier alpha value is -1.62. The quantitative estimate of drug-likeness (QED) is 0.803. The maximum atomic E-state index is 13.6. The Bertz CT molecular complexity index is 930. The molecule has 1 aromatic carbocycles. The van der Waals surface area contributed by atoms with Gasteiger partial charge in [-0.1, -0.05) is 12.5 Å². The molecule has 27 heavy (non-hydrogen) atoms. The average molecular weight is 411 g/mol. The number of benzene rings is 1. The summed E-state index contributed by atoms with van der Waals surface area (Å²) in [5, 5.41) is 2.88. The molecular formula is C17H22N4O4S2. The van der Waals surface area contributed by atoms with Gasteiger partial charge in [0, 0.05) is 25.7 Å². The maximum Gasteiger partial charge on any atom is 0.245 e. The summed E-state index contributed by atoms with van der Waals surface area (Å²) in [4.78, 5) is 12.8. The zero-order valence-corrected chi connectivity index (χ0v) is 16.5. The largest absolute Gasteiger partial charge is 0.380 e. The topological polar surface area (TPSA) is 101 Å². The molecule has 0 radical (unpaired) electrons. The smallest absolute Gasteiger partial charge is 0.245 e. The highest BCUT2D eigenvalue weighted by Crippen LogP contribution is 2.35. The lowest BCUT2D eigenvalue weighted by Crippen LogP contribution is -2.47. The molecule has 2 unspecified atom stereocenters. The van der Waals surface area contributed by atoms with Crippen LogP contribution >= 0.6 is 11.7 Å². The summed E-state index contributed by atoms with van der Waals surface area (Å²) in [6, 6.07) is 4.68. The van der Waals surface area contributed by atoms with E-state index in [1.165, 1.54) is 4.31 Å². The van der Waals surface area contributed by atoms with E-state index >= 15 is 0 Å². The van der Waals surface area contributed by atoms with Crippen LogP contribution in [0.2, 0.25) is 0 Å². The van der Waals surface area contributed by atoms with Crippen molar-refractivity contribution in [3.63, 3.8) is 0 Å². The third kappa shape index (κ3) is 3.58. The van der Waals surface area contributed by atoms with Gasteiger partial charge in [0.2, 0.25) is 15.9 Å². The minimum atomic E-state index is -3.81. The predicted octanol–water partition coefficient (Wildman–Crippen LogP) is 1.39. The van der Waals surface area contributed by atoms with Crippen LogP contribution in [0.25, 0.3) is 11.0 Å². The molecule has 2 aromatic rings. The number of nitrogens with zero attached hydrogens (tertiary/aromatic N) is 3. The first kappa shape index (κ1) is 18.7. The Balaban J connectivity index is 1.75. The van der Waals surface area contributed by atoms with Gasteiger partial charge in [0.15, 0.2) is 0 Å². The van der Waals surface area contributed by atoms with Gasteiger partial charge in [-0.3, -0.25) is 4.79 Å². The minimum Gasteiger partial charge on any atom is -0.380 e. The molecule has 2 atom stereocenters. The van der Waals surface area contributed by atoms with Gasteiger partial charge in [-0.05, 0) is 31.4 Å². The molecule has 2 aliphatic rings. The van der Waals surface area contributed by atoms with Crippen LogP contribution in [0.4, 0.5) is 0 Å². The molecule has 1 aliphatic heterocycles. The molecule has 10 heteroatoms. The Kier molecular flexibility index (Phi) is 5.40. The first-order valence-electron chi connectivity index (χ1n) is 9.17. The number of amides is 1. The molecule has 8 nitrogen and oxygen atoms in total. The van der Waals surface area contributed by atoms with Crippen LogP contribution in [-0.4, -0.2) is 59.7 Å². The van der Waals surface area contributed by atoms with E-state index in [0.29, 0.717) is 56.6 Å². The van der Waals surface area contributed by atoms with Crippen LogP contribution in [0.5, 0.6) is 0 Å². The number of carbonyl (C=O) groups excluding carboxylic acids is 1. The van der Waals surface area contributed by atoms with Crippen molar-refractivity contribution in [3.8, 4) is 0 Å². The third-order valence-corrected chi connectivity index (χ3v) is 7.73. The molecule has 1 aromatic heterocycles. The number of ether oxygens (including phenoxy) is 1. The molecule has 4 rings (SSSR count). The van der Waals surface area contributed by atoms with Gasteiger partial charge >= 0.3 is 0 Å². The van der Waals surface area contributed by atoms with E-state index in [4.69, 9.17) is 4.74 Å². The molecule has 146 valence electrons. The predicted molar refractivity (Wildman–Crippen MR) is 101 cm³/mol. The summed E-state index contributed by atoms with van der Waals surface area (Å²) in [5.41, 5.74) is 0.968. The highest BCUT2D eigenvalue weighted by Gasteiger charge is 2.42. The number of fused-ring (bicyclic) bond motifs is 2. The van der Waals surface area contributed by atoms with Crippen LogP contribution in [0.3, 0.4) is 0 Å². The molecule has 0 spiro atoms. The second kappa shape index (κ2) is 7.78. The van der Waals surface area contributed by atoms with E-state index in [1.807, 2.05) is 0 Å². The molecule has 1 N–H and O–H groups in total. The van der Waals surface area contributed by atoms with Gasteiger partial charge in [0.1, 0.15) is 15.9 Å². The van der Waals surface area contributed by atoms with Crippen LogP contribution < -0.4 is 5.32 Å². The van der Waals surface area contributed by atoms with Crippen molar-refractivity contribution in [1.29, 1.82) is 0 Å². The van der Waals surface area contributed by atoms with Crippen LogP contribution in [0.15, 0.2) is 23.1 Å². The maximum absolute atomic E-state index is 13.6. The zero-order valence-electron chi connectivity index (χ0n) is 14.8. The van der Waals surface area contributed by atoms with Gasteiger partial charge in [-0.2, -0.15) is 13.1 Å². The Morgan fingerprint density at radius 3 is 2.96 bits per heavy atom. The highest BCUT2D eigenvalue weighted by molar-refractivity contribution is 7.89. The molecule has 1 aliphatic carbocycles. The lowest BCUT2D eigenvalue weighted by Gasteiger charge is -2.31. The number of hydrogen-bond donors (Lipinski definition) is 1. The van der Waals surface area contributed by atoms with E-state index in [1.54, 1.807) is 18.2 Å². The number of aromatic nitrogens is 2. The number of hydrogen-bond acceptors (Lipinski definition) is 7. The number of sulfonamides is 1. The molecule has 2 heterocycles. The molecule has 1 amide bonds. The summed E-state index contributed by atoms with van der Waals surface area (Å²) < 4.78 is 42.5. The average Bonchev–Trinajstić information content (AvgIpc) is 3.31.